The summed E-state index contributed by atoms with van der Waals surface area (Å²) >= 11 is 11.2. The number of benzene rings is 2. The van der Waals surface area contributed by atoms with Gasteiger partial charge in [-0.15, -0.1) is 0 Å². The molecule has 0 bridgehead atoms. The third-order valence-electron chi connectivity index (χ3n) is 2.63. The van der Waals surface area contributed by atoms with Crippen LogP contribution < -0.4 is 0 Å². The van der Waals surface area contributed by atoms with E-state index in [2.05, 4.69) is 22.0 Å². The smallest absolute Gasteiger partial charge is 0.143 e. The van der Waals surface area contributed by atoms with Crippen molar-refractivity contribution in [1.82, 2.24) is 0 Å². The molecule has 0 aliphatic carbocycles. The average Bonchev–Trinajstić information content (AvgIpc) is 2.43. The zero-order chi connectivity index (χ0) is 14.7. The standard InChI is InChI=1S/C15H8BrClINO/c16-13-6-9(7-14(18)15(13)20)5-11(8-19)10-1-3-12(17)4-2-10/h1-7,20H/b11-5-. The Morgan fingerprint density at radius 3 is 2.50 bits per heavy atom. The highest BCUT2D eigenvalue weighted by Crippen LogP contribution is 2.32. The maximum Gasteiger partial charge on any atom is 0.143 e. The Morgan fingerprint density at radius 1 is 1.30 bits per heavy atom. The van der Waals surface area contributed by atoms with Gasteiger partial charge in [0.1, 0.15) is 5.75 Å². The monoisotopic (exact) mass is 459 g/mol. The number of phenolic OH excluding ortho intramolecular Hbond substituents is 1. The van der Waals surface area contributed by atoms with Gasteiger partial charge in [0.2, 0.25) is 0 Å². The van der Waals surface area contributed by atoms with Gasteiger partial charge in [-0.25, -0.2) is 0 Å². The molecule has 0 saturated heterocycles. The van der Waals surface area contributed by atoms with Crippen LogP contribution in [0.1, 0.15) is 11.1 Å². The average molecular weight is 460 g/mol. The van der Waals surface area contributed by atoms with Gasteiger partial charge in [-0.05, 0) is 80.0 Å². The van der Waals surface area contributed by atoms with E-state index in [0.717, 1.165) is 14.7 Å². The summed E-state index contributed by atoms with van der Waals surface area (Å²) in [7, 11) is 0. The molecular weight excluding hydrogens is 452 g/mol. The Bertz CT molecular complexity index is 697. The van der Waals surface area contributed by atoms with E-state index in [-0.39, 0.29) is 5.75 Å². The number of nitriles is 1. The van der Waals surface area contributed by atoms with Crippen molar-refractivity contribution < 1.29 is 5.11 Å². The van der Waals surface area contributed by atoms with E-state index in [9.17, 15) is 10.4 Å². The summed E-state index contributed by atoms with van der Waals surface area (Å²) in [5.41, 5.74) is 2.18. The number of nitrogens with zero attached hydrogens (tertiary/aromatic N) is 1. The Labute approximate surface area is 144 Å². The lowest BCUT2D eigenvalue weighted by molar-refractivity contribution is 0.468. The summed E-state index contributed by atoms with van der Waals surface area (Å²) in [5, 5.41) is 19.6. The molecule has 2 rings (SSSR count). The van der Waals surface area contributed by atoms with Crippen molar-refractivity contribution in [3.05, 3.63) is 60.6 Å². The predicted molar refractivity (Wildman–Crippen MR) is 93.5 cm³/mol. The van der Waals surface area contributed by atoms with E-state index in [1.807, 2.05) is 28.7 Å². The molecule has 100 valence electrons. The second-order valence-electron chi connectivity index (χ2n) is 4.01. The van der Waals surface area contributed by atoms with Gasteiger partial charge < -0.3 is 5.11 Å². The van der Waals surface area contributed by atoms with E-state index < -0.39 is 0 Å². The third-order valence-corrected chi connectivity index (χ3v) is 4.30. The molecule has 20 heavy (non-hydrogen) atoms. The summed E-state index contributed by atoms with van der Waals surface area (Å²) < 4.78 is 1.32. The van der Waals surface area contributed by atoms with Gasteiger partial charge in [-0.2, -0.15) is 5.26 Å². The van der Waals surface area contributed by atoms with Crippen molar-refractivity contribution >= 4 is 61.8 Å². The first-order valence-electron chi connectivity index (χ1n) is 5.57. The largest absolute Gasteiger partial charge is 0.506 e. The van der Waals surface area contributed by atoms with Crippen LogP contribution in [0.5, 0.6) is 5.75 Å². The molecule has 2 nitrogen and oxygen atoms in total. The summed E-state index contributed by atoms with van der Waals surface area (Å²) in [5.74, 6) is 0.202. The molecule has 5 heteroatoms. The van der Waals surface area contributed by atoms with Crippen LogP contribution in [-0.2, 0) is 0 Å². The van der Waals surface area contributed by atoms with Gasteiger partial charge in [0.05, 0.1) is 19.7 Å². The highest BCUT2D eigenvalue weighted by atomic mass is 127. The van der Waals surface area contributed by atoms with Gasteiger partial charge in [-0.3, -0.25) is 0 Å². The normalized spacial score (nSPS) is 11.2. The molecule has 2 aromatic rings. The van der Waals surface area contributed by atoms with Crippen LogP contribution in [0.4, 0.5) is 0 Å². The molecule has 0 atom stereocenters. The molecule has 2 aromatic carbocycles. The Hall–Kier alpha value is -1.03. The van der Waals surface area contributed by atoms with E-state index in [1.165, 1.54) is 0 Å². The molecule has 0 unspecified atom stereocenters. The molecule has 0 aliphatic heterocycles. The lowest BCUT2D eigenvalue weighted by Crippen LogP contribution is -1.84. The van der Waals surface area contributed by atoms with Crippen molar-refractivity contribution in [2.45, 2.75) is 0 Å². The van der Waals surface area contributed by atoms with Crippen molar-refractivity contribution in [3.8, 4) is 11.8 Å². The van der Waals surface area contributed by atoms with Crippen molar-refractivity contribution in [3.63, 3.8) is 0 Å². The molecule has 1 N–H and O–H groups in total. The fourth-order valence-electron chi connectivity index (χ4n) is 1.64. The Balaban J connectivity index is 2.47. The van der Waals surface area contributed by atoms with Crippen LogP contribution in [-0.4, -0.2) is 5.11 Å². The summed E-state index contributed by atoms with van der Waals surface area (Å²) in [6.45, 7) is 0. The van der Waals surface area contributed by atoms with Crippen molar-refractivity contribution in [2.75, 3.05) is 0 Å². The minimum Gasteiger partial charge on any atom is -0.506 e. The number of hydrogen-bond acceptors (Lipinski definition) is 2. The molecule has 0 heterocycles. The van der Waals surface area contributed by atoms with Gasteiger partial charge in [0.15, 0.2) is 0 Å². The maximum atomic E-state index is 9.71. The van der Waals surface area contributed by atoms with Crippen LogP contribution in [0.15, 0.2) is 40.9 Å². The quantitative estimate of drug-likeness (QED) is 0.367. The fourth-order valence-corrected chi connectivity index (χ4v) is 3.27. The molecule has 0 aliphatic rings. The lowest BCUT2D eigenvalue weighted by atomic mass is 10.0. The Morgan fingerprint density at radius 2 is 1.95 bits per heavy atom. The third kappa shape index (κ3) is 3.54. The van der Waals surface area contributed by atoms with Crippen molar-refractivity contribution in [2.24, 2.45) is 0 Å². The molecule has 0 fully saturated rings. The van der Waals surface area contributed by atoms with E-state index in [1.54, 1.807) is 36.4 Å². The maximum absolute atomic E-state index is 9.71. The number of allylic oxidation sites excluding steroid dienone is 1. The topological polar surface area (TPSA) is 44.0 Å². The highest BCUT2D eigenvalue weighted by Gasteiger charge is 2.06. The molecule has 0 saturated carbocycles. The Kier molecular flexibility index (Phi) is 5.08. The molecule has 0 aromatic heterocycles. The number of hydrogen-bond donors (Lipinski definition) is 1. The zero-order valence-corrected chi connectivity index (χ0v) is 14.6. The summed E-state index contributed by atoms with van der Waals surface area (Å²) in [4.78, 5) is 0. The first-order chi connectivity index (χ1) is 9.51. The number of rotatable bonds is 2. The minimum atomic E-state index is 0.202. The van der Waals surface area contributed by atoms with Gasteiger partial charge in [-0.1, -0.05) is 23.7 Å². The van der Waals surface area contributed by atoms with Crippen molar-refractivity contribution in [1.29, 1.82) is 5.26 Å². The highest BCUT2D eigenvalue weighted by molar-refractivity contribution is 14.1. The number of halogens is 3. The first kappa shape index (κ1) is 15.4. The molecule has 0 spiro atoms. The number of aromatic hydroxyl groups is 1. The van der Waals surface area contributed by atoms with Gasteiger partial charge >= 0.3 is 0 Å². The first-order valence-corrected chi connectivity index (χ1v) is 7.82. The van der Waals surface area contributed by atoms with Gasteiger partial charge in [0.25, 0.3) is 0 Å². The predicted octanol–water partition coefficient (Wildman–Crippen LogP) is 5.48. The van der Waals surface area contributed by atoms with E-state index in [0.29, 0.717) is 15.1 Å². The van der Waals surface area contributed by atoms with Gasteiger partial charge in [0, 0.05) is 5.02 Å². The lowest BCUT2D eigenvalue weighted by Gasteiger charge is -2.04. The zero-order valence-electron chi connectivity index (χ0n) is 10.1. The van der Waals surface area contributed by atoms with Crippen LogP contribution in [0.25, 0.3) is 11.6 Å². The van der Waals surface area contributed by atoms with E-state index >= 15 is 0 Å². The summed E-state index contributed by atoms with van der Waals surface area (Å²) in [6.07, 6.45) is 1.77. The van der Waals surface area contributed by atoms with Crippen LogP contribution in [0, 0.1) is 14.9 Å². The van der Waals surface area contributed by atoms with Crippen LogP contribution in [0.2, 0.25) is 5.02 Å². The summed E-state index contributed by atoms with van der Waals surface area (Å²) in [6, 6.07) is 12.9. The van der Waals surface area contributed by atoms with Crippen LogP contribution in [0.3, 0.4) is 0 Å². The SMILES string of the molecule is N#C/C(=C/c1cc(Br)c(O)c(I)c1)c1ccc(Cl)cc1. The molecule has 0 amide bonds. The number of phenols is 1. The molecular formula is C15H8BrClINO. The fraction of sp³-hybridized carbons (Fsp3) is 0. The second-order valence-corrected chi connectivity index (χ2v) is 6.46. The van der Waals surface area contributed by atoms with E-state index in [4.69, 9.17) is 11.6 Å². The second kappa shape index (κ2) is 6.61. The molecule has 0 radical (unpaired) electrons. The minimum absolute atomic E-state index is 0.202. The van der Waals surface area contributed by atoms with Crippen LogP contribution >= 0.6 is 50.1 Å².